The highest BCUT2D eigenvalue weighted by Gasteiger charge is 2.17. The monoisotopic (exact) mass is 233 g/mol. The first kappa shape index (κ1) is 12.2. The molecule has 1 saturated heterocycles. The third-order valence-electron chi connectivity index (χ3n) is 3.30. The molecule has 3 nitrogen and oxygen atoms in total. The Morgan fingerprint density at radius 1 is 1.29 bits per heavy atom. The largest absolute Gasteiger partial charge is 0.381 e. The second-order valence-corrected chi connectivity index (χ2v) is 4.65. The van der Waals surface area contributed by atoms with Gasteiger partial charge in [0.25, 0.3) is 0 Å². The zero-order valence-corrected chi connectivity index (χ0v) is 10.1. The van der Waals surface area contributed by atoms with Crippen molar-refractivity contribution in [3.8, 4) is 0 Å². The summed E-state index contributed by atoms with van der Waals surface area (Å²) in [5, 5.41) is 0. The standard InChI is InChI=1S/C14H19NO2/c16-14(11-13-5-9-17-10-6-13)2-1-12-3-7-15-8-4-12/h3-4,7-8,13H,1-2,5-6,9-11H2. The number of Topliss-reactive ketones (excluding diaryl/α,β-unsaturated/α-hetero) is 1. The Morgan fingerprint density at radius 3 is 2.71 bits per heavy atom. The van der Waals surface area contributed by atoms with E-state index in [1.54, 1.807) is 12.4 Å². The van der Waals surface area contributed by atoms with E-state index < -0.39 is 0 Å². The molecule has 0 aromatic carbocycles. The van der Waals surface area contributed by atoms with E-state index in [1.807, 2.05) is 12.1 Å². The molecular formula is C14H19NO2. The lowest BCUT2D eigenvalue weighted by atomic mass is 9.92. The topological polar surface area (TPSA) is 39.2 Å². The van der Waals surface area contributed by atoms with E-state index in [4.69, 9.17) is 4.74 Å². The number of carbonyl (C=O) groups excluding carboxylic acids is 1. The van der Waals surface area contributed by atoms with Crippen molar-refractivity contribution < 1.29 is 9.53 Å². The molecule has 0 unspecified atom stereocenters. The molecule has 1 aromatic heterocycles. The lowest BCUT2D eigenvalue weighted by molar-refractivity contribution is -0.120. The quantitative estimate of drug-likeness (QED) is 0.784. The SMILES string of the molecule is O=C(CCc1ccncc1)CC1CCOCC1. The van der Waals surface area contributed by atoms with Gasteiger partial charge in [-0.25, -0.2) is 0 Å². The van der Waals surface area contributed by atoms with Gasteiger partial charge in [-0.2, -0.15) is 0 Å². The Bertz CT molecular complexity index is 344. The highest BCUT2D eigenvalue weighted by Crippen LogP contribution is 2.19. The number of pyridine rings is 1. The number of aryl methyl sites for hydroxylation is 1. The van der Waals surface area contributed by atoms with Crippen LogP contribution in [0.1, 0.15) is 31.2 Å². The number of ketones is 1. The van der Waals surface area contributed by atoms with E-state index in [-0.39, 0.29) is 0 Å². The minimum Gasteiger partial charge on any atom is -0.381 e. The van der Waals surface area contributed by atoms with Gasteiger partial charge in [0, 0.05) is 38.4 Å². The fraction of sp³-hybridized carbons (Fsp3) is 0.571. The normalized spacial score (nSPS) is 16.9. The zero-order valence-electron chi connectivity index (χ0n) is 10.1. The average Bonchev–Trinajstić information content (AvgIpc) is 2.39. The maximum Gasteiger partial charge on any atom is 0.133 e. The van der Waals surface area contributed by atoms with Crippen LogP contribution in [-0.2, 0) is 16.0 Å². The molecule has 0 N–H and O–H groups in total. The van der Waals surface area contributed by atoms with E-state index in [9.17, 15) is 4.79 Å². The van der Waals surface area contributed by atoms with E-state index in [0.717, 1.165) is 38.9 Å². The molecule has 1 aromatic rings. The number of ether oxygens (including phenoxy) is 1. The molecule has 1 aliphatic heterocycles. The molecule has 92 valence electrons. The average molecular weight is 233 g/mol. The number of hydrogen-bond donors (Lipinski definition) is 0. The smallest absolute Gasteiger partial charge is 0.133 e. The molecule has 1 fully saturated rings. The van der Waals surface area contributed by atoms with Gasteiger partial charge in [-0.3, -0.25) is 9.78 Å². The van der Waals surface area contributed by atoms with Gasteiger partial charge in [-0.1, -0.05) is 0 Å². The van der Waals surface area contributed by atoms with Gasteiger partial charge in [-0.05, 0) is 42.9 Å². The third-order valence-corrected chi connectivity index (χ3v) is 3.30. The van der Waals surface area contributed by atoms with Gasteiger partial charge in [0.2, 0.25) is 0 Å². The molecule has 0 amide bonds. The maximum absolute atomic E-state index is 11.8. The Kier molecular flexibility index (Phi) is 4.68. The fourth-order valence-corrected chi connectivity index (χ4v) is 2.21. The van der Waals surface area contributed by atoms with Gasteiger partial charge < -0.3 is 4.74 Å². The minimum atomic E-state index is 0.383. The summed E-state index contributed by atoms with van der Waals surface area (Å²) in [5.41, 5.74) is 1.19. The molecule has 2 rings (SSSR count). The molecular weight excluding hydrogens is 214 g/mol. The predicted octanol–water partition coefficient (Wildman–Crippen LogP) is 2.40. The zero-order chi connectivity index (χ0) is 11.9. The second kappa shape index (κ2) is 6.50. The number of hydrogen-bond acceptors (Lipinski definition) is 3. The Labute approximate surface area is 102 Å². The summed E-state index contributed by atoms with van der Waals surface area (Å²) in [6.45, 7) is 1.64. The first-order chi connectivity index (χ1) is 8.34. The van der Waals surface area contributed by atoms with Crippen LogP contribution in [0.4, 0.5) is 0 Å². The van der Waals surface area contributed by atoms with Crippen molar-refractivity contribution in [2.45, 2.75) is 32.1 Å². The summed E-state index contributed by atoms with van der Waals surface area (Å²) in [4.78, 5) is 15.8. The van der Waals surface area contributed by atoms with Crippen LogP contribution in [0.25, 0.3) is 0 Å². The molecule has 0 bridgehead atoms. The molecule has 0 spiro atoms. The molecule has 3 heteroatoms. The number of rotatable bonds is 5. The van der Waals surface area contributed by atoms with Crippen molar-refractivity contribution in [1.29, 1.82) is 0 Å². The van der Waals surface area contributed by atoms with E-state index in [0.29, 0.717) is 18.1 Å². The summed E-state index contributed by atoms with van der Waals surface area (Å²) >= 11 is 0. The van der Waals surface area contributed by atoms with Crippen LogP contribution >= 0.6 is 0 Å². The van der Waals surface area contributed by atoms with E-state index >= 15 is 0 Å². The maximum atomic E-state index is 11.8. The van der Waals surface area contributed by atoms with Crippen molar-refractivity contribution in [3.05, 3.63) is 30.1 Å². The van der Waals surface area contributed by atoms with Crippen molar-refractivity contribution >= 4 is 5.78 Å². The molecule has 2 heterocycles. The molecule has 0 saturated carbocycles. The van der Waals surface area contributed by atoms with Gasteiger partial charge in [0.1, 0.15) is 5.78 Å². The number of nitrogens with zero attached hydrogens (tertiary/aromatic N) is 1. The van der Waals surface area contributed by atoms with Crippen molar-refractivity contribution in [3.63, 3.8) is 0 Å². The second-order valence-electron chi connectivity index (χ2n) is 4.65. The van der Waals surface area contributed by atoms with Gasteiger partial charge in [0.05, 0.1) is 0 Å². The summed E-state index contributed by atoms with van der Waals surface area (Å²) in [7, 11) is 0. The highest BCUT2D eigenvalue weighted by atomic mass is 16.5. The van der Waals surface area contributed by atoms with Crippen LogP contribution in [-0.4, -0.2) is 24.0 Å². The summed E-state index contributed by atoms with van der Waals surface area (Å²) in [6.07, 6.45) is 7.86. The Hall–Kier alpha value is -1.22. The van der Waals surface area contributed by atoms with Crippen LogP contribution in [0.3, 0.4) is 0 Å². The highest BCUT2D eigenvalue weighted by molar-refractivity contribution is 5.78. The van der Waals surface area contributed by atoms with Crippen LogP contribution in [0.5, 0.6) is 0 Å². The molecule has 1 aliphatic rings. The summed E-state index contributed by atoms with van der Waals surface area (Å²) in [5.74, 6) is 0.933. The van der Waals surface area contributed by atoms with Gasteiger partial charge >= 0.3 is 0 Å². The number of carbonyl (C=O) groups is 1. The van der Waals surface area contributed by atoms with Gasteiger partial charge in [0.15, 0.2) is 0 Å². The van der Waals surface area contributed by atoms with Crippen LogP contribution in [0.15, 0.2) is 24.5 Å². The minimum absolute atomic E-state index is 0.383. The lowest BCUT2D eigenvalue weighted by Crippen LogP contribution is -2.18. The van der Waals surface area contributed by atoms with Crippen LogP contribution < -0.4 is 0 Å². The lowest BCUT2D eigenvalue weighted by Gasteiger charge is -2.21. The number of aromatic nitrogens is 1. The molecule has 17 heavy (non-hydrogen) atoms. The van der Waals surface area contributed by atoms with Crippen molar-refractivity contribution in [1.82, 2.24) is 4.98 Å². The molecule has 0 aliphatic carbocycles. The van der Waals surface area contributed by atoms with E-state index in [1.165, 1.54) is 5.56 Å². The summed E-state index contributed by atoms with van der Waals surface area (Å²) < 4.78 is 5.29. The van der Waals surface area contributed by atoms with Crippen LogP contribution in [0, 0.1) is 5.92 Å². The van der Waals surface area contributed by atoms with Gasteiger partial charge in [-0.15, -0.1) is 0 Å². The van der Waals surface area contributed by atoms with E-state index in [2.05, 4.69) is 4.98 Å². The van der Waals surface area contributed by atoms with Crippen LogP contribution in [0.2, 0.25) is 0 Å². The van der Waals surface area contributed by atoms with Crippen molar-refractivity contribution in [2.75, 3.05) is 13.2 Å². The third kappa shape index (κ3) is 4.27. The first-order valence-electron chi connectivity index (χ1n) is 6.33. The Balaban J connectivity index is 1.70. The summed E-state index contributed by atoms with van der Waals surface area (Å²) in [6, 6.07) is 3.95. The fourth-order valence-electron chi connectivity index (χ4n) is 2.21. The Morgan fingerprint density at radius 2 is 2.00 bits per heavy atom. The van der Waals surface area contributed by atoms with Crippen molar-refractivity contribution in [2.24, 2.45) is 5.92 Å². The predicted molar refractivity (Wildman–Crippen MR) is 65.7 cm³/mol. The molecule has 0 atom stereocenters. The molecule has 0 radical (unpaired) electrons. The first-order valence-corrected chi connectivity index (χ1v) is 6.33.